The fraction of sp³-hybridized carbons (Fsp3) is 0.455. The van der Waals surface area contributed by atoms with Gasteiger partial charge in [0, 0.05) is 12.5 Å². The van der Waals surface area contributed by atoms with Crippen molar-refractivity contribution in [3.63, 3.8) is 0 Å². The highest BCUT2D eigenvalue weighted by molar-refractivity contribution is 6.21. The molecular formula is C22H26N2O3. The van der Waals surface area contributed by atoms with Crippen LogP contribution in [-0.2, 0) is 4.74 Å². The fourth-order valence-corrected chi connectivity index (χ4v) is 4.15. The molecule has 5 nitrogen and oxygen atoms in total. The Labute approximate surface area is 160 Å². The first kappa shape index (κ1) is 18.0. The highest BCUT2D eigenvalue weighted by Crippen LogP contribution is 2.30. The van der Waals surface area contributed by atoms with Gasteiger partial charge in [-0.2, -0.15) is 0 Å². The van der Waals surface area contributed by atoms with Gasteiger partial charge in [0.25, 0.3) is 11.8 Å². The number of rotatable bonds is 5. The van der Waals surface area contributed by atoms with Crippen molar-refractivity contribution in [2.24, 2.45) is 5.92 Å². The highest BCUT2D eigenvalue weighted by atomic mass is 16.5. The maximum Gasteiger partial charge on any atom is 0.262 e. The molecule has 0 bridgehead atoms. The van der Waals surface area contributed by atoms with Gasteiger partial charge in [-0.15, -0.1) is 0 Å². The van der Waals surface area contributed by atoms with E-state index in [1.807, 2.05) is 25.2 Å². The van der Waals surface area contributed by atoms with E-state index in [0.29, 0.717) is 17.7 Å². The molecule has 0 N–H and O–H groups in total. The molecule has 27 heavy (non-hydrogen) atoms. The van der Waals surface area contributed by atoms with Crippen molar-refractivity contribution in [3.8, 4) is 0 Å². The second-order valence-electron chi connectivity index (χ2n) is 7.55. The number of amides is 2. The zero-order valence-electron chi connectivity index (χ0n) is 15.8. The Balaban J connectivity index is 1.37. The van der Waals surface area contributed by atoms with Gasteiger partial charge in [0.2, 0.25) is 0 Å². The first-order valence-corrected chi connectivity index (χ1v) is 9.87. The van der Waals surface area contributed by atoms with Crippen molar-refractivity contribution in [1.29, 1.82) is 0 Å². The molecule has 4 rings (SSSR count). The molecule has 0 saturated carbocycles. The van der Waals surface area contributed by atoms with Crippen LogP contribution in [0.4, 0.5) is 0 Å². The van der Waals surface area contributed by atoms with Crippen molar-refractivity contribution >= 4 is 11.8 Å². The molecule has 0 radical (unpaired) electrons. The number of carbonyl (C=O) groups excluding carboxylic acids is 2. The number of nitrogens with zero attached hydrogens (tertiary/aromatic N) is 2. The number of carbonyl (C=O) groups is 2. The second kappa shape index (κ2) is 7.69. The number of allylic oxidation sites excluding steroid dienone is 1. The van der Waals surface area contributed by atoms with Crippen LogP contribution in [0, 0.1) is 5.92 Å². The van der Waals surface area contributed by atoms with Crippen LogP contribution in [0.15, 0.2) is 48.3 Å². The number of hydrogen-bond donors (Lipinski definition) is 0. The largest absolute Gasteiger partial charge is 0.493 e. The second-order valence-corrected chi connectivity index (χ2v) is 7.55. The lowest BCUT2D eigenvalue weighted by Crippen LogP contribution is -2.43. The number of benzene rings is 1. The third-order valence-electron chi connectivity index (χ3n) is 5.67. The Kier molecular flexibility index (Phi) is 5.12. The van der Waals surface area contributed by atoms with Gasteiger partial charge in [-0.1, -0.05) is 31.6 Å². The number of piperidine rings is 1. The first-order chi connectivity index (χ1) is 13.1. The molecular weight excluding hydrogens is 340 g/mol. The van der Waals surface area contributed by atoms with E-state index in [-0.39, 0.29) is 23.8 Å². The predicted molar refractivity (Wildman–Crippen MR) is 103 cm³/mol. The Morgan fingerprint density at radius 3 is 2.33 bits per heavy atom. The van der Waals surface area contributed by atoms with Crippen LogP contribution in [0.1, 0.15) is 46.9 Å². The Hall–Kier alpha value is -2.40. The first-order valence-electron chi connectivity index (χ1n) is 9.87. The number of likely N-dealkylation sites (tertiary alicyclic amines) is 1. The van der Waals surface area contributed by atoms with E-state index >= 15 is 0 Å². The molecule has 0 aromatic heterocycles. The van der Waals surface area contributed by atoms with Crippen LogP contribution in [0.3, 0.4) is 0 Å². The van der Waals surface area contributed by atoms with Gasteiger partial charge < -0.3 is 4.74 Å². The Morgan fingerprint density at radius 1 is 1.04 bits per heavy atom. The fourth-order valence-electron chi connectivity index (χ4n) is 4.15. The summed E-state index contributed by atoms with van der Waals surface area (Å²) in [5.41, 5.74) is 0.992. The Morgan fingerprint density at radius 2 is 1.70 bits per heavy atom. The topological polar surface area (TPSA) is 49.9 Å². The summed E-state index contributed by atoms with van der Waals surface area (Å²) in [5.74, 6) is 0.425. The smallest absolute Gasteiger partial charge is 0.262 e. The van der Waals surface area contributed by atoms with Crippen LogP contribution in [0.5, 0.6) is 0 Å². The van der Waals surface area contributed by atoms with Crippen molar-refractivity contribution in [2.75, 3.05) is 26.2 Å². The molecule has 5 heteroatoms. The number of hydrogen-bond acceptors (Lipinski definition) is 4. The molecule has 1 aromatic carbocycles. The summed E-state index contributed by atoms with van der Waals surface area (Å²) in [6, 6.07) is 6.76. The van der Waals surface area contributed by atoms with E-state index in [4.69, 9.17) is 4.74 Å². The van der Waals surface area contributed by atoms with Gasteiger partial charge in [-0.05, 0) is 50.2 Å². The summed E-state index contributed by atoms with van der Waals surface area (Å²) < 4.78 is 5.93. The van der Waals surface area contributed by atoms with E-state index < -0.39 is 0 Å². The van der Waals surface area contributed by atoms with Crippen LogP contribution < -0.4 is 0 Å². The molecule has 2 atom stereocenters. The zero-order chi connectivity index (χ0) is 18.8. The molecule has 2 heterocycles. The molecule has 2 unspecified atom stereocenters. The van der Waals surface area contributed by atoms with E-state index in [9.17, 15) is 9.59 Å². The van der Waals surface area contributed by atoms with Gasteiger partial charge in [-0.25, -0.2) is 0 Å². The van der Waals surface area contributed by atoms with E-state index in [0.717, 1.165) is 25.4 Å². The maximum atomic E-state index is 12.7. The predicted octanol–water partition coefficient (Wildman–Crippen LogP) is 3.24. The number of fused-ring (bicyclic) bond motifs is 1. The van der Waals surface area contributed by atoms with Crippen molar-refractivity contribution in [1.82, 2.24) is 9.80 Å². The van der Waals surface area contributed by atoms with Gasteiger partial charge in [0.1, 0.15) is 12.4 Å². The highest BCUT2D eigenvalue weighted by Gasteiger charge is 2.41. The molecule has 1 aromatic rings. The van der Waals surface area contributed by atoms with Crippen LogP contribution in [0.25, 0.3) is 0 Å². The van der Waals surface area contributed by atoms with Crippen LogP contribution >= 0.6 is 0 Å². The lowest BCUT2D eigenvalue weighted by Gasteiger charge is -2.30. The van der Waals surface area contributed by atoms with E-state index in [1.54, 1.807) is 24.3 Å². The molecule has 1 aliphatic carbocycles. The summed E-state index contributed by atoms with van der Waals surface area (Å²) in [7, 11) is 0. The summed E-state index contributed by atoms with van der Waals surface area (Å²) in [6.45, 7) is 5.96. The summed E-state index contributed by atoms with van der Waals surface area (Å²) >= 11 is 0. The normalized spacial score (nSPS) is 25.5. The molecule has 3 aliphatic rings. The van der Waals surface area contributed by atoms with Gasteiger partial charge >= 0.3 is 0 Å². The summed E-state index contributed by atoms with van der Waals surface area (Å²) in [5, 5.41) is 0. The van der Waals surface area contributed by atoms with Crippen molar-refractivity contribution in [3.05, 3.63) is 59.4 Å². The van der Waals surface area contributed by atoms with E-state index in [2.05, 4.69) is 4.90 Å². The summed E-state index contributed by atoms with van der Waals surface area (Å²) in [4.78, 5) is 29.2. The standard InChI is InChI=1S/C22H26N2O3/c1-16-15-17(27-14-13-23-11-5-2-6-12-23)9-10-20(16)24-21(25)18-7-3-4-8-19(18)22(24)26/h3-4,7-10,15-16,20H,2,5-6,11-14H2,1H3. The van der Waals surface area contributed by atoms with Crippen molar-refractivity contribution in [2.45, 2.75) is 32.2 Å². The quantitative estimate of drug-likeness (QED) is 0.751. The SMILES string of the molecule is CC1C=C(OCCN2CCCCC2)C=CC1N1C(=O)c2ccccc2C1=O. The minimum Gasteiger partial charge on any atom is -0.493 e. The Bertz CT molecular complexity index is 758. The van der Waals surface area contributed by atoms with Gasteiger partial charge in [0.15, 0.2) is 0 Å². The molecule has 2 amide bonds. The number of imide groups is 1. The van der Waals surface area contributed by atoms with Crippen LogP contribution in [0.2, 0.25) is 0 Å². The third-order valence-corrected chi connectivity index (χ3v) is 5.67. The molecule has 1 fully saturated rings. The maximum absolute atomic E-state index is 12.7. The van der Waals surface area contributed by atoms with Gasteiger partial charge in [0.05, 0.1) is 17.2 Å². The average Bonchev–Trinajstić information content (AvgIpc) is 2.94. The third kappa shape index (κ3) is 3.56. The zero-order valence-corrected chi connectivity index (χ0v) is 15.8. The molecule has 2 aliphatic heterocycles. The minimum atomic E-state index is -0.271. The van der Waals surface area contributed by atoms with Crippen molar-refractivity contribution < 1.29 is 14.3 Å². The lowest BCUT2D eigenvalue weighted by molar-refractivity contribution is 0.0586. The summed E-state index contributed by atoms with van der Waals surface area (Å²) in [6.07, 6.45) is 9.72. The number of ether oxygens (including phenoxy) is 1. The lowest BCUT2D eigenvalue weighted by atomic mass is 9.95. The minimum absolute atomic E-state index is 0.0159. The molecule has 142 valence electrons. The monoisotopic (exact) mass is 366 g/mol. The average molecular weight is 366 g/mol. The van der Waals surface area contributed by atoms with Gasteiger partial charge in [-0.3, -0.25) is 19.4 Å². The van der Waals surface area contributed by atoms with Crippen LogP contribution in [-0.4, -0.2) is 53.9 Å². The van der Waals surface area contributed by atoms with E-state index in [1.165, 1.54) is 24.2 Å². The molecule has 0 spiro atoms. The molecule has 1 saturated heterocycles.